The molecule has 0 saturated carbocycles. The fourth-order valence-electron chi connectivity index (χ4n) is 4.34. The van der Waals surface area contributed by atoms with Gasteiger partial charge in [0.15, 0.2) is 0 Å². The van der Waals surface area contributed by atoms with Crippen LogP contribution < -0.4 is 14.4 Å². The Morgan fingerprint density at radius 2 is 1.67 bits per heavy atom. The Labute approximate surface area is 258 Å². The minimum absolute atomic E-state index is 0.0218. The van der Waals surface area contributed by atoms with Crippen molar-refractivity contribution in [3.8, 4) is 5.75 Å². The van der Waals surface area contributed by atoms with Crippen LogP contribution in [-0.4, -0.2) is 50.4 Å². The molecule has 0 aromatic heterocycles. The summed E-state index contributed by atoms with van der Waals surface area (Å²) in [5.41, 5.74) is 1.13. The third-order valence-electron chi connectivity index (χ3n) is 6.47. The van der Waals surface area contributed by atoms with Gasteiger partial charge in [-0.1, -0.05) is 60.0 Å². The minimum atomic E-state index is -4.21. The van der Waals surface area contributed by atoms with Crippen LogP contribution >= 0.6 is 23.2 Å². The molecule has 0 aliphatic rings. The average molecular weight is 635 g/mol. The number of nitrogens with one attached hydrogen (secondary N) is 1. The van der Waals surface area contributed by atoms with E-state index in [-0.39, 0.29) is 29.5 Å². The molecule has 1 unspecified atom stereocenters. The van der Waals surface area contributed by atoms with Crippen molar-refractivity contribution in [2.75, 3.05) is 18.0 Å². The zero-order valence-electron chi connectivity index (χ0n) is 24.6. The number of rotatable bonds is 11. The number of methoxy groups -OCH3 is 1. The number of carbonyl (C=O) groups excluding carboxylic acids is 2. The van der Waals surface area contributed by atoms with Crippen LogP contribution in [0.4, 0.5) is 5.69 Å². The van der Waals surface area contributed by atoms with Crippen LogP contribution in [0.3, 0.4) is 0 Å². The molecular formula is C31H37Cl2N3O5S. The summed E-state index contributed by atoms with van der Waals surface area (Å²) < 4.78 is 34.4. The van der Waals surface area contributed by atoms with Crippen molar-refractivity contribution in [1.82, 2.24) is 10.2 Å². The largest absolute Gasteiger partial charge is 0.497 e. The van der Waals surface area contributed by atoms with Gasteiger partial charge in [-0.3, -0.25) is 13.9 Å². The maximum Gasteiger partial charge on any atom is 0.264 e. The Kier molecular flexibility index (Phi) is 10.9. The molecule has 1 atom stereocenters. The fraction of sp³-hybridized carbons (Fsp3) is 0.355. The predicted octanol–water partition coefficient (Wildman–Crippen LogP) is 6.23. The second kappa shape index (κ2) is 13.8. The van der Waals surface area contributed by atoms with Crippen molar-refractivity contribution < 1.29 is 22.7 Å². The van der Waals surface area contributed by atoms with E-state index >= 15 is 0 Å². The van der Waals surface area contributed by atoms with E-state index in [0.29, 0.717) is 21.4 Å². The molecule has 0 fully saturated rings. The third kappa shape index (κ3) is 8.40. The molecule has 8 nitrogen and oxygen atoms in total. The molecule has 0 bridgehead atoms. The van der Waals surface area contributed by atoms with E-state index < -0.39 is 34.1 Å². The second-order valence-corrected chi connectivity index (χ2v) is 13.7. The van der Waals surface area contributed by atoms with Gasteiger partial charge in [0.1, 0.15) is 18.3 Å². The molecule has 0 saturated heterocycles. The molecule has 3 aromatic carbocycles. The number of carbonyl (C=O) groups is 2. The van der Waals surface area contributed by atoms with Crippen LogP contribution in [0.25, 0.3) is 0 Å². The summed E-state index contributed by atoms with van der Waals surface area (Å²) in [5.74, 6) is -0.530. The summed E-state index contributed by atoms with van der Waals surface area (Å²) in [6, 6.07) is 16.8. The Balaban J connectivity index is 2.11. The maximum absolute atomic E-state index is 14.2. The van der Waals surface area contributed by atoms with E-state index in [1.165, 1.54) is 24.1 Å². The van der Waals surface area contributed by atoms with Crippen LogP contribution in [0.1, 0.15) is 45.2 Å². The van der Waals surface area contributed by atoms with Crippen molar-refractivity contribution in [1.29, 1.82) is 0 Å². The molecule has 1 N–H and O–H groups in total. The lowest BCUT2D eigenvalue weighted by molar-refractivity contribution is -0.141. The van der Waals surface area contributed by atoms with Crippen molar-refractivity contribution in [2.24, 2.45) is 0 Å². The highest BCUT2D eigenvalue weighted by Crippen LogP contribution is 2.29. The van der Waals surface area contributed by atoms with Crippen LogP contribution in [0.15, 0.2) is 71.6 Å². The van der Waals surface area contributed by atoms with E-state index in [1.807, 2.05) is 27.7 Å². The molecule has 3 rings (SSSR count). The summed E-state index contributed by atoms with van der Waals surface area (Å²) in [4.78, 5) is 29.0. The number of nitrogens with zero attached hydrogens (tertiary/aromatic N) is 2. The Morgan fingerprint density at radius 3 is 2.24 bits per heavy atom. The van der Waals surface area contributed by atoms with E-state index in [0.717, 1.165) is 9.87 Å². The van der Waals surface area contributed by atoms with Crippen LogP contribution in [-0.2, 0) is 26.2 Å². The summed E-state index contributed by atoms with van der Waals surface area (Å²) in [7, 11) is -2.73. The van der Waals surface area contributed by atoms with Gasteiger partial charge in [0.05, 0.1) is 17.7 Å². The van der Waals surface area contributed by atoms with Gasteiger partial charge in [-0.15, -0.1) is 0 Å². The Bertz CT molecular complexity index is 1520. The molecule has 0 radical (unpaired) electrons. The van der Waals surface area contributed by atoms with Gasteiger partial charge < -0.3 is 15.0 Å². The second-order valence-electron chi connectivity index (χ2n) is 10.9. The van der Waals surface area contributed by atoms with Gasteiger partial charge in [-0.2, -0.15) is 0 Å². The SMILES string of the molecule is CCC(C(=O)NC(C)(C)C)N(Cc1ccc(Cl)cc1Cl)C(=O)CN(c1cccc(OC)c1)S(=O)(=O)c1ccc(C)cc1. The first-order valence-corrected chi connectivity index (χ1v) is 15.6. The molecule has 0 heterocycles. The predicted molar refractivity (Wildman–Crippen MR) is 168 cm³/mol. The molecular weight excluding hydrogens is 597 g/mol. The summed E-state index contributed by atoms with van der Waals surface area (Å²) in [5, 5.41) is 3.69. The molecule has 3 aromatic rings. The topological polar surface area (TPSA) is 96.0 Å². The van der Waals surface area contributed by atoms with Crippen LogP contribution in [0.2, 0.25) is 10.0 Å². The van der Waals surface area contributed by atoms with Crippen molar-refractivity contribution >= 4 is 50.7 Å². The number of aryl methyl sites for hydroxylation is 1. The van der Waals surface area contributed by atoms with Crippen LogP contribution in [0.5, 0.6) is 5.75 Å². The zero-order valence-corrected chi connectivity index (χ0v) is 27.0. The Morgan fingerprint density at radius 1 is 1.00 bits per heavy atom. The lowest BCUT2D eigenvalue weighted by Gasteiger charge is -2.35. The molecule has 2 amide bonds. The number of benzene rings is 3. The highest BCUT2D eigenvalue weighted by molar-refractivity contribution is 7.92. The first-order valence-electron chi connectivity index (χ1n) is 13.4. The summed E-state index contributed by atoms with van der Waals surface area (Å²) in [6.07, 6.45) is 0.280. The van der Waals surface area contributed by atoms with E-state index in [9.17, 15) is 18.0 Å². The van der Waals surface area contributed by atoms with Gasteiger partial charge >= 0.3 is 0 Å². The van der Waals surface area contributed by atoms with Gasteiger partial charge in [0, 0.05) is 28.2 Å². The van der Waals surface area contributed by atoms with Gasteiger partial charge in [-0.05, 0) is 76.1 Å². The number of halogens is 2. The standard InChI is InChI=1S/C31H37Cl2N3O5S/c1-7-28(30(38)34-31(3,4)5)35(19-22-13-14-23(32)17-27(22)33)29(37)20-36(24-9-8-10-25(18-24)41-6)42(39,40)26-15-11-21(2)12-16-26/h8-18,28H,7,19-20H2,1-6H3,(H,34,38). The maximum atomic E-state index is 14.2. The molecule has 226 valence electrons. The van der Waals surface area contributed by atoms with Crippen molar-refractivity contribution in [3.05, 3.63) is 87.9 Å². The normalized spacial score (nSPS) is 12.4. The number of sulfonamides is 1. The smallest absolute Gasteiger partial charge is 0.264 e. The number of hydrogen-bond acceptors (Lipinski definition) is 5. The van der Waals surface area contributed by atoms with E-state index in [4.69, 9.17) is 27.9 Å². The number of ether oxygens (including phenoxy) is 1. The average Bonchev–Trinajstić information content (AvgIpc) is 2.91. The highest BCUT2D eigenvalue weighted by Gasteiger charge is 2.35. The minimum Gasteiger partial charge on any atom is -0.497 e. The monoisotopic (exact) mass is 633 g/mol. The number of amides is 2. The quantitative estimate of drug-likeness (QED) is 0.270. The van der Waals surface area contributed by atoms with E-state index in [1.54, 1.807) is 61.5 Å². The van der Waals surface area contributed by atoms with Crippen molar-refractivity contribution in [2.45, 2.75) is 64.1 Å². The molecule has 42 heavy (non-hydrogen) atoms. The molecule has 0 spiro atoms. The molecule has 0 aliphatic carbocycles. The lowest BCUT2D eigenvalue weighted by Crippen LogP contribution is -2.55. The molecule has 0 aliphatic heterocycles. The molecule has 11 heteroatoms. The fourth-order valence-corrected chi connectivity index (χ4v) is 6.21. The number of hydrogen-bond donors (Lipinski definition) is 1. The lowest BCUT2D eigenvalue weighted by atomic mass is 10.1. The zero-order chi connectivity index (χ0) is 31.2. The third-order valence-corrected chi connectivity index (χ3v) is 8.84. The Hall–Kier alpha value is -3.27. The first kappa shape index (κ1) is 33.2. The van der Waals surface area contributed by atoms with Gasteiger partial charge in [0.2, 0.25) is 11.8 Å². The number of anilines is 1. The van der Waals surface area contributed by atoms with E-state index in [2.05, 4.69) is 5.32 Å². The van der Waals surface area contributed by atoms with Gasteiger partial charge in [-0.25, -0.2) is 8.42 Å². The van der Waals surface area contributed by atoms with Crippen molar-refractivity contribution in [3.63, 3.8) is 0 Å². The van der Waals surface area contributed by atoms with Crippen LogP contribution in [0, 0.1) is 6.92 Å². The van der Waals surface area contributed by atoms with Gasteiger partial charge in [0.25, 0.3) is 10.0 Å². The highest BCUT2D eigenvalue weighted by atomic mass is 35.5. The first-order chi connectivity index (χ1) is 19.7. The summed E-state index contributed by atoms with van der Waals surface area (Å²) >= 11 is 12.6. The summed E-state index contributed by atoms with van der Waals surface area (Å²) in [6.45, 7) is 8.57.